The summed E-state index contributed by atoms with van der Waals surface area (Å²) in [5.41, 5.74) is 8.60. The molecule has 2 aromatic carbocycles. The van der Waals surface area contributed by atoms with Crippen LogP contribution < -0.4 is 17.2 Å². The molecule has 0 aliphatic carbocycles. The summed E-state index contributed by atoms with van der Waals surface area (Å²) >= 11 is 0. The number of hydrogen-bond acceptors (Lipinski definition) is 3. The zero-order valence-electron chi connectivity index (χ0n) is 13.2. The SMILES string of the molecule is NC(=O)c1ccc(C(N)=O)c(-c2cc(C(F)(F)F)c(N)cc2C(F)(F)F)c1. The van der Waals surface area contributed by atoms with E-state index in [1.807, 2.05) is 0 Å². The molecule has 144 valence electrons. The summed E-state index contributed by atoms with van der Waals surface area (Å²) in [6.07, 6.45) is -10.2. The second kappa shape index (κ2) is 6.49. The molecule has 6 N–H and O–H groups in total. The van der Waals surface area contributed by atoms with Crippen molar-refractivity contribution in [1.82, 2.24) is 0 Å². The molecule has 0 bridgehead atoms. The number of alkyl halides is 6. The van der Waals surface area contributed by atoms with E-state index in [2.05, 4.69) is 0 Å². The number of nitrogens with two attached hydrogens (primary N) is 3. The smallest absolute Gasteiger partial charge is 0.398 e. The van der Waals surface area contributed by atoms with Gasteiger partial charge in [-0.3, -0.25) is 9.59 Å². The highest BCUT2D eigenvalue weighted by atomic mass is 19.4. The summed E-state index contributed by atoms with van der Waals surface area (Å²) in [7, 11) is 0. The maximum atomic E-state index is 13.4. The van der Waals surface area contributed by atoms with Gasteiger partial charge in [0.2, 0.25) is 11.8 Å². The van der Waals surface area contributed by atoms with Gasteiger partial charge in [0.15, 0.2) is 0 Å². The van der Waals surface area contributed by atoms with Crippen LogP contribution in [-0.2, 0) is 12.4 Å². The van der Waals surface area contributed by atoms with Crippen molar-refractivity contribution >= 4 is 17.5 Å². The van der Waals surface area contributed by atoms with Crippen LogP contribution >= 0.6 is 0 Å². The fourth-order valence-electron chi connectivity index (χ4n) is 2.45. The van der Waals surface area contributed by atoms with Crippen molar-refractivity contribution in [2.45, 2.75) is 12.4 Å². The first-order valence-corrected chi connectivity index (χ1v) is 7.05. The summed E-state index contributed by atoms with van der Waals surface area (Å²) < 4.78 is 79.5. The lowest BCUT2D eigenvalue weighted by atomic mass is 9.90. The van der Waals surface area contributed by atoms with E-state index in [0.717, 1.165) is 18.2 Å². The highest BCUT2D eigenvalue weighted by Crippen LogP contribution is 2.44. The minimum absolute atomic E-state index is 0.111. The van der Waals surface area contributed by atoms with E-state index < -0.39 is 57.7 Å². The average Bonchev–Trinajstić information content (AvgIpc) is 2.51. The van der Waals surface area contributed by atoms with Gasteiger partial charge in [0.25, 0.3) is 0 Å². The third-order valence-corrected chi connectivity index (χ3v) is 3.66. The van der Waals surface area contributed by atoms with Gasteiger partial charge in [0.1, 0.15) is 0 Å². The van der Waals surface area contributed by atoms with Gasteiger partial charge in [-0.25, -0.2) is 0 Å². The number of rotatable bonds is 3. The Bertz CT molecular complexity index is 935. The number of carbonyl (C=O) groups excluding carboxylic acids is 2. The van der Waals surface area contributed by atoms with Crippen molar-refractivity contribution in [1.29, 1.82) is 0 Å². The Hall–Kier alpha value is -3.24. The van der Waals surface area contributed by atoms with Gasteiger partial charge >= 0.3 is 12.4 Å². The molecule has 0 aliphatic rings. The Morgan fingerprint density at radius 3 is 1.74 bits per heavy atom. The van der Waals surface area contributed by atoms with Crippen molar-refractivity contribution in [2.75, 3.05) is 5.73 Å². The molecule has 0 radical (unpaired) electrons. The van der Waals surface area contributed by atoms with Crippen LogP contribution in [0.25, 0.3) is 11.1 Å². The minimum atomic E-state index is -5.11. The second-order valence-electron chi connectivity index (χ2n) is 5.47. The zero-order valence-corrected chi connectivity index (χ0v) is 13.2. The molecule has 0 fully saturated rings. The van der Waals surface area contributed by atoms with Gasteiger partial charge in [-0.2, -0.15) is 26.3 Å². The summed E-state index contributed by atoms with van der Waals surface area (Å²) in [6.45, 7) is 0. The molecule has 27 heavy (non-hydrogen) atoms. The molecule has 2 aromatic rings. The van der Waals surface area contributed by atoms with Crippen LogP contribution in [0.15, 0.2) is 30.3 Å². The summed E-state index contributed by atoms with van der Waals surface area (Å²) in [5, 5.41) is 0. The third kappa shape index (κ3) is 3.96. The topological polar surface area (TPSA) is 112 Å². The molecule has 0 saturated carbocycles. The van der Waals surface area contributed by atoms with Crippen molar-refractivity contribution < 1.29 is 35.9 Å². The molecule has 0 atom stereocenters. The molecule has 0 unspecified atom stereocenters. The summed E-state index contributed by atoms with van der Waals surface area (Å²) in [5.74, 6) is -2.27. The Morgan fingerprint density at radius 1 is 0.741 bits per heavy atom. The van der Waals surface area contributed by atoms with Crippen molar-refractivity contribution in [2.24, 2.45) is 11.5 Å². The normalized spacial score (nSPS) is 12.1. The molecule has 2 amide bonds. The van der Waals surface area contributed by atoms with Crippen molar-refractivity contribution in [3.63, 3.8) is 0 Å². The third-order valence-electron chi connectivity index (χ3n) is 3.66. The molecule has 11 heteroatoms. The van der Waals surface area contributed by atoms with Crippen molar-refractivity contribution in [3.8, 4) is 11.1 Å². The number of nitrogen functional groups attached to an aromatic ring is 1. The fraction of sp³-hybridized carbons (Fsp3) is 0.125. The van der Waals surface area contributed by atoms with E-state index in [-0.39, 0.29) is 17.7 Å². The van der Waals surface area contributed by atoms with E-state index in [0.29, 0.717) is 0 Å². The van der Waals surface area contributed by atoms with Gasteiger partial charge in [-0.1, -0.05) is 0 Å². The second-order valence-corrected chi connectivity index (χ2v) is 5.47. The molecule has 0 aliphatic heterocycles. The molecule has 0 aromatic heterocycles. The predicted molar refractivity (Wildman–Crippen MR) is 83.3 cm³/mol. The van der Waals surface area contributed by atoms with Gasteiger partial charge in [0.05, 0.1) is 11.1 Å². The van der Waals surface area contributed by atoms with Gasteiger partial charge in [-0.15, -0.1) is 0 Å². The van der Waals surface area contributed by atoms with Crippen molar-refractivity contribution in [3.05, 3.63) is 52.6 Å². The maximum Gasteiger partial charge on any atom is 0.418 e. The molecule has 0 heterocycles. The lowest BCUT2D eigenvalue weighted by molar-refractivity contribution is -0.140. The largest absolute Gasteiger partial charge is 0.418 e. The Kier molecular flexibility index (Phi) is 4.82. The Balaban J connectivity index is 2.97. The minimum Gasteiger partial charge on any atom is -0.398 e. The van der Waals surface area contributed by atoms with E-state index in [9.17, 15) is 35.9 Å². The first-order chi connectivity index (χ1) is 12.2. The van der Waals surface area contributed by atoms with Gasteiger partial charge < -0.3 is 17.2 Å². The quantitative estimate of drug-likeness (QED) is 0.552. The number of hydrogen-bond donors (Lipinski definition) is 3. The fourth-order valence-corrected chi connectivity index (χ4v) is 2.45. The number of primary amides is 2. The van der Waals surface area contributed by atoms with Crippen LogP contribution in [-0.4, -0.2) is 11.8 Å². The molecule has 0 spiro atoms. The molecule has 2 rings (SSSR count). The zero-order chi connectivity index (χ0) is 20.7. The molecule has 0 saturated heterocycles. The van der Waals surface area contributed by atoms with E-state index >= 15 is 0 Å². The number of amides is 2. The van der Waals surface area contributed by atoms with Crippen LogP contribution in [0, 0.1) is 0 Å². The first kappa shape index (κ1) is 20.1. The van der Waals surface area contributed by atoms with Crippen LogP contribution in [0.2, 0.25) is 0 Å². The lowest BCUT2D eigenvalue weighted by Gasteiger charge is -2.19. The lowest BCUT2D eigenvalue weighted by Crippen LogP contribution is -2.18. The highest BCUT2D eigenvalue weighted by Gasteiger charge is 2.39. The monoisotopic (exact) mass is 391 g/mol. The highest BCUT2D eigenvalue weighted by molar-refractivity contribution is 6.03. The Labute approximate surface area is 147 Å². The molecule has 5 nitrogen and oxygen atoms in total. The Morgan fingerprint density at radius 2 is 1.30 bits per heavy atom. The standard InChI is InChI=1S/C16H11F6N3O2/c17-15(18,19)10-5-12(23)11(16(20,21)22)4-9(10)8-3-6(13(24)26)1-2-7(8)14(25)27/h1-5H,23H2,(H2,24,26)(H2,25,27). The van der Waals surface area contributed by atoms with E-state index in [4.69, 9.17) is 17.2 Å². The number of benzene rings is 2. The van der Waals surface area contributed by atoms with Crippen LogP contribution in [0.3, 0.4) is 0 Å². The molecular formula is C16H11F6N3O2. The number of halogens is 6. The number of carbonyl (C=O) groups is 2. The van der Waals surface area contributed by atoms with Gasteiger partial charge in [0, 0.05) is 16.8 Å². The average molecular weight is 391 g/mol. The van der Waals surface area contributed by atoms with E-state index in [1.165, 1.54) is 0 Å². The summed E-state index contributed by atoms with van der Waals surface area (Å²) in [6, 6.07) is 2.95. The van der Waals surface area contributed by atoms with Crippen LogP contribution in [0.1, 0.15) is 31.8 Å². The van der Waals surface area contributed by atoms with Crippen LogP contribution in [0.5, 0.6) is 0 Å². The van der Waals surface area contributed by atoms with Gasteiger partial charge in [-0.05, 0) is 41.5 Å². The molecular weight excluding hydrogens is 380 g/mol. The van der Waals surface area contributed by atoms with E-state index in [1.54, 1.807) is 0 Å². The first-order valence-electron chi connectivity index (χ1n) is 7.05. The van der Waals surface area contributed by atoms with Crippen LogP contribution in [0.4, 0.5) is 32.0 Å². The maximum absolute atomic E-state index is 13.4. The predicted octanol–water partition coefficient (Wildman–Crippen LogP) is 3.17. The number of anilines is 1. The summed E-state index contributed by atoms with van der Waals surface area (Å²) in [4.78, 5) is 22.9.